The third-order valence-corrected chi connectivity index (χ3v) is 3.74. The number of aryl methyl sites for hydroxylation is 1. The fourth-order valence-corrected chi connectivity index (χ4v) is 2.46. The molecule has 2 rings (SSSR count). The number of benzene rings is 1. The second kappa shape index (κ2) is 7.07. The number of piperidine rings is 1. The number of hydrogen-bond acceptors (Lipinski definition) is 2. The first-order valence-electron chi connectivity index (χ1n) is 6.36. The summed E-state index contributed by atoms with van der Waals surface area (Å²) >= 11 is 0. The van der Waals surface area contributed by atoms with Gasteiger partial charge in [0.05, 0.1) is 0 Å². The Labute approximate surface area is 115 Å². The van der Waals surface area contributed by atoms with E-state index in [0.717, 1.165) is 31.7 Å². The molecule has 1 heterocycles. The molecule has 1 fully saturated rings. The van der Waals surface area contributed by atoms with E-state index in [0.29, 0.717) is 5.92 Å². The van der Waals surface area contributed by atoms with E-state index in [1.54, 1.807) is 12.1 Å². The summed E-state index contributed by atoms with van der Waals surface area (Å²) < 4.78 is 13.0. The van der Waals surface area contributed by atoms with Gasteiger partial charge in [-0.05, 0) is 68.6 Å². The maximum Gasteiger partial charge on any atom is 0.123 e. The van der Waals surface area contributed by atoms with Gasteiger partial charge in [-0.3, -0.25) is 4.90 Å². The quantitative estimate of drug-likeness (QED) is 0.917. The molecule has 0 unspecified atom stereocenters. The molecule has 0 amide bonds. The Morgan fingerprint density at radius 1 is 1.33 bits per heavy atom. The predicted octanol–water partition coefficient (Wildman–Crippen LogP) is 2.73. The summed E-state index contributed by atoms with van der Waals surface area (Å²) in [4.78, 5) is 2.44. The molecule has 0 bridgehead atoms. The molecule has 1 aliphatic rings. The molecule has 18 heavy (non-hydrogen) atoms. The number of nitrogens with zero attached hydrogens (tertiary/aromatic N) is 1. The smallest absolute Gasteiger partial charge is 0.123 e. The second-order valence-electron chi connectivity index (χ2n) is 5.03. The van der Waals surface area contributed by atoms with Crippen molar-refractivity contribution in [2.75, 3.05) is 19.6 Å². The van der Waals surface area contributed by atoms with E-state index in [-0.39, 0.29) is 18.2 Å². The minimum Gasteiger partial charge on any atom is -0.330 e. The topological polar surface area (TPSA) is 29.3 Å². The fraction of sp³-hybridized carbons (Fsp3) is 0.571. The monoisotopic (exact) mass is 272 g/mol. The first-order chi connectivity index (χ1) is 8.19. The number of halogens is 2. The maximum absolute atomic E-state index is 13.0. The van der Waals surface area contributed by atoms with Gasteiger partial charge in [-0.1, -0.05) is 6.07 Å². The van der Waals surface area contributed by atoms with Gasteiger partial charge in [-0.2, -0.15) is 0 Å². The summed E-state index contributed by atoms with van der Waals surface area (Å²) in [7, 11) is 0. The van der Waals surface area contributed by atoms with Crippen LogP contribution in [0.15, 0.2) is 18.2 Å². The van der Waals surface area contributed by atoms with Crippen molar-refractivity contribution in [2.24, 2.45) is 11.7 Å². The van der Waals surface area contributed by atoms with E-state index in [2.05, 4.69) is 4.90 Å². The molecule has 1 aliphatic heterocycles. The molecule has 1 saturated heterocycles. The normalized spacial score (nSPS) is 17.5. The highest BCUT2D eigenvalue weighted by atomic mass is 35.5. The zero-order chi connectivity index (χ0) is 12.3. The van der Waals surface area contributed by atoms with Crippen molar-refractivity contribution in [3.63, 3.8) is 0 Å². The third-order valence-electron chi connectivity index (χ3n) is 3.74. The summed E-state index contributed by atoms with van der Waals surface area (Å²) in [5, 5.41) is 0. The van der Waals surface area contributed by atoms with Crippen LogP contribution in [-0.4, -0.2) is 24.5 Å². The molecule has 1 aromatic carbocycles. The minimum atomic E-state index is -0.145. The average Bonchev–Trinajstić information content (AvgIpc) is 2.34. The number of rotatable bonds is 3. The molecule has 2 N–H and O–H groups in total. The summed E-state index contributed by atoms with van der Waals surface area (Å²) in [6.07, 6.45) is 2.38. The van der Waals surface area contributed by atoms with E-state index in [1.807, 2.05) is 13.0 Å². The van der Waals surface area contributed by atoms with Gasteiger partial charge >= 0.3 is 0 Å². The summed E-state index contributed by atoms with van der Waals surface area (Å²) in [5.74, 6) is 0.550. The Balaban J connectivity index is 0.00000162. The highest BCUT2D eigenvalue weighted by Gasteiger charge is 2.18. The van der Waals surface area contributed by atoms with Crippen molar-refractivity contribution in [2.45, 2.75) is 26.3 Å². The third kappa shape index (κ3) is 3.94. The molecule has 0 saturated carbocycles. The maximum atomic E-state index is 13.0. The molecule has 0 atom stereocenters. The van der Waals surface area contributed by atoms with Crippen LogP contribution in [0.5, 0.6) is 0 Å². The Morgan fingerprint density at radius 3 is 2.56 bits per heavy atom. The molecule has 1 aromatic rings. The van der Waals surface area contributed by atoms with Gasteiger partial charge in [0.2, 0.25) is 0 Å². The van der Waals surface area contributed by atoms with Crippen molar-refractivity contribution in [3.8, 4) is 0 Å². The molecular weight excluding hydrogens is 251 g/mol. The Kier molecular flexibility index (Phi) is 6.06. The van der Waals surface area contributed by atoms with Gasteiger partial charge in [0.1, 0.15) is 5.82 Å². The molecule has 2 nitrogen and oxygen atoms in total. The van der Waals surface area contributed by atoms with Crippen molar-refractivity contribution in [1.82, 2.24) is 4.90 Å². The molecule has 0 radical (unpaired) electrons. The molecule has 0 aliphatic carbocycles. The van der Waals surface area contributed by atoms with E-state index in [9.17, 15) is 4.39 Å². The van der Waals surface area contributed by atoms with Crippen LogP contribution in [0.3, 0.4) is 0 Å². The first kappa shape index (κ1) is 15.4. The number of hydrogen-bond donors (Lipinski definition) is 1. The van der Waals surface area contributed by atoms with Gasteiger partial charge in [-0.25, -0.2) is 4.39 Å². The van der Waals surface area contributed by atoms with Gasteiger partial charge in [0.15, 0.2) is 0 Å². The molecule has 0 spiro atoms. The Bertz CT molecular complexity index is 376. The summed E-state index contributed by atoms with van der Waals surface area (Å²) in [6.45, 7) is 5.94. The standard InChI is InChI=1S/C14H21FN2.ClH/c1-11-8-14(15)3-2-13(11)10-17-6-4-12(9-16)5-7-17;/h2-3,8,12H,4-7,9-10,16H2,1H3;1H. The zero-order valence-corrected chi connectivity index (χ0v) is 11.7. The second-order valence-corrected chi connectivity index (χ2v) is 5.03. The number of nitrogens with two attached hydrogens (primary N) is 1. The first-order valence-corrected chi connectivity index (χ1v) is 6.36. The van der Waals surface area contributed by atoms with E-state index in [4.69, 9.17) is 5.73 Å². The van der Waals surface area contributed by atoms with E-state index in [1.165, 1.54) is 18.4 Å². The summed E-state index contributed by atoms with van der Waals surface area (Å²) in [5.41, 5.74) is 7.96. The highest BCUT2D eigenvalue weighted by molar-refractivity contribution is 5.85. The van der Waals surface area contributed by atoms with E-state index < -0.39 is 0 Å². The zero-order valence-electron chi connectivity index (χ0n) is 10.9. The van der Waals surface area contributed by atoms with Gasteiger partial charge in [-0.15, -0.1) is 12.4 Å². The Morgan fingerprint density at radius 2 is 2.00 bits per heavy atom. The van der Waals surface area contributed by atoms with Crippen LogP contribution in [0, 0.1) is 18.7 Å². The largest absolute Gasteiger partial charge is 0.330 e. The molecular formula is C14H22ClFN2. The van der Waals surface area contributed by atoms with Crippen molar-refractivity contribution in [1.29, 1.82) is 0 Å². The van der Waals surface area contributed by atoms with Crippen molar-refractivity contribution < 1.29 is 4.39 Å². The van der Waals surface area contributed by atoms with Gasteiger partial charge in [0.25, 0.3) is 0 Å². The lowest BCUT2D eigenvalue weighted by atomic mass is 9.96. The average molecular weight is 273 g/mol. The van der Waals surface area contributed by atoms with Crippen LogP contribution >= 0.6 is 12.4 Å². The minimum absolute atomic E-state index is 0. The van der Waals surface area contributed by atoms with Crippen molar-refractivity contribution in [3.05, 3.63) is 35.1 Å². The van der Waals surface area contributed by atoms with Crippen molar-refractivity contribution >= 4 is 12.4 Å². The molecule has 4 heteroatoms. The van der Waals surface area contributed by atoms with Gasteiger partial charge < -0.3 is 5.73 Å². The lowest BCUT2D eigenvalue weighted by molar-refractivity contribution is 0.180. The number of likely N-dealkylation sites (tertiary alicyclic amines) is 1. The Hall–Kier alpha value is -0.640. The van der Waals surface area contributed by atoms with Crippen LogP contribution in [0.1, 0.15) is 24.0 Å². The molecule has 0 aromatic heterocycles. The summed E-state index contributed by atoms with van der Waals surface area (Å²) in [6, 6.07) is 5.07. The van der Waals surface area contributed by atoms with E-state index >= 15 is 0 Å². The van der Waals surface area contributed by atoms with Crippen LogP contribution in [0.4, 0.5) is 4.39 Å². The lowest BCUT2D eigenvalue weighted by Gasteiger charge is -2.31. The van der Waals surface area contributed by atoms with Crippen LogP contribution in [0.25, 0.3) is 0 Å². The SMILES string of the molecule is Cc1cc(F)ccc1CN1CCC(CN)CC1.Cl. The van der Waals surface area contributed by atoms with Crippen LogP contribution in [0.2, 0.25) is 0 Å². The lowest BCUT2D eigenvalue weighted by Crippen LogP contribution is -2.35. The van der Waals surface area contributed by atoms with Gasteiger partial charge in [0, 0.05) is 6.54 Å². The molecule has 102 valence electrons. The highest BCUT2D eigenvalue weighted by Crippen LogP contribution is 2.19. The van der Waals surface area contributed by atoms with Crippen LogP contribution in [-0.2, 0) is 6.54 Å². The predicted molar refractivity (Wildman–Crippen MR) is 75.4 cm³/mol. The van der Waals surface area contributed by atoms with Crippen LogP contribution < -0.4 is 5.73 Å². The fourth-order valence-electron chi connectivity index (χ4n) is 2.46.